The van der Waals surface area contributed by atoms with Gasteiger partial charge in [0.2, 0.25) is 11.7 Å². The van der Waals surface area contributed by atoms with E-state index < -0.39 is 0 Å². The van der Waals surface area contributed by atoms with Crippen LogP contribution < -0.4 is 15.2 Å². The van der Waals surface area contributed by atoms with Crippen LogP contribution in [0.3, 0.4) is 0 Å². The van der Waals surface area contributed by atoms with Crippen LogP contribution >= 0.6 is 15.9 Å². The number of rotatable bonds is 3. The molecule has 7 nitrogen and oxygen atoms in total. The van der Waals surface area contributed by atoms with E-state index in [0.717, 1.165) is 0 Å². The first-order valence-electron chi connectivity index (χ1n) is 5.85. The van der Waals surface area contributed by atoms with Gasteiger partial charge in [-0.3, -0.25) is 4.79 Å². The molecule has 2 aromatic rings. The van der Waals surface area contributed by atoms with Crippen LogP contribution in [0.1, 0.15) is 16.2 Å². The zero-order valence-electron chi connectivity index (χ0n) is 10.3. The van der Waals surface area contributed by atoms with Gasteiger partial charge in [-0.1, -0.05) is 5.16 Å². The summed E-state index contributed by atoms with van der Waals surface area (Å²) in [4.78, 5) is 15.3. The highest BCUT2D eigenvalue weighted by Crippen LogP contribution is 2.44. The van der Waals surface area contributed by atoms with Gasteiger partial charge in [-0.15, -0.1) is 0 Å². The summed E-state index contributed by atoms with van der Waals surface area (Å²) in [6.07, 6.45) is 0.711. The Bertz CT molecular complexity index is 671. The van der Waals surface area contributed by atoms with Gasteiger partial charge >= 0.3 is 0 Å². The van der Waals surface area contributed by atoms with E-state index in [0.29, 0.717) is 58.3 Å². The standard InChI is InChI=1S/C12H10BrN3O4/c13-8-3-6(12-15-9(4-14)20-16-12)10-11(7(8)5-17)19-2-1-18-10/h3,5H,1-2,4,14H2. The highest BCUT2D eigenvalue weighted by molar-refractivity contribution is 9.10. The first-order chi connectivity index (χ1) is 9.74. The number of aromatic nitrogens is 2. The number of nitrogens with zero attached hydrogens (tertiary/aromatic N) is 2. The molecule has 0 bridgehead atoms. The third-order valence-electron chi connectivity index (χ3n) is 2.80. The van der Waals surface area contributed by atoms with Gasteiger partial charge in [0.15, 0.2) is 17.8 Å². The average molecular weight is 340 g/mol. The number of ether oxygens (including phenoxy) is 2. The number of halogens is 1. The minimum absolute atomic E-state index is 0.153. The molecule has 2 heterocycles. The molecule has 0 radical (unpaired) electrons. The number of hydrogen-bond acceptors (Lipinski definition) is 7. The van der Waals surface area contributed by atoms with Crippen molar-refractivity contribution in [3.63, 3.8) is 0 Å². The maximum atomic E-state index is 11.2. The van der Waals surface area contributed by atoms with Crippen molar-refractivity contribution in [3.8, 4) is 22.9 Å². The average Bonchev–Trinajstić information content (AvgIpc) is 2.95. The van der Waals surface area contributed by atoms with Gasteiger partial charge in [0, 0.05) is 4.47 Å². The molecule has 1 aromatic carbocycles. The maximum Gasteiger partial charge on any atom is 0.240 e. The number of benzene rings is 1. The lowest BCUT2D eigenvalue weighted by molar-refractivity contribution is 0.111. The van der Waals surface area contributed by atoms with E-state index in [1.807, 2.05) is 0 Å². The van der Waals surface area contributed by atoms with Gasteiger partial charge in [-0.2, -0.15) is 4.98 Å². The maximum absolute atomic E-state index is 11.2. The van der Waals surface area contributed by atoms with E-state index in [4.69, 9.17) is 19.7 Å². The van der Waals surface area contributed by atoms with Crippen LogP contribution in [0.25, 0.3) is 11.4 Å². The topological polar surface area (TPSA) is 100 Å². The van der Waals surface area contributed by atoms with Crippen molar-refractivity contribution < 1.29 is 18.8 Å². The zero-order valence-corrected chi connectivity index (χ0v) is 11.8. The van der Waals surface area contributed by atoms with Crippen LogP contribution in [0.5, 0.6) is 11.5 Å². The van der Waals surface area contributed by atoms with Crippen molar-refractivity contribution >= 4 is 22.2 Å². The van der Waals surface area contributed by atoms with Crippen molar-refractivity contribution in [2.75, 3.05) is 13.2 Å². The van der Waals surface area contributed by atoms with E-state index in [1.165, 1.54) is 0 Å². The summed E-state index contributed by atoms with van der Waals surface area (Å²) in [5.74, 6) is 1.48. The summed E-state index contributed by atoms with van der Waals surface area (Å²) in [6.45, 7) is 0.922. The fraction of sp³-hybridized carbons (Fsp3) is 0.250. The lowest BCUT2D eigenvalue weighted by Gasteiger charge is -2.22. The highest BCUT2D eigenvalue weighted by atomic mass is 79.9. The van der Waals surface area contributed by atoms with E-state index >= 15 is 0 Å². The van der Waals surface area contributed by atoms with E-state index in [1.54, 1.807) is 6.07 Å². The molecule has 0 aliphatic carbocycles. The summed E-state index contributed by atoms with van der Waals surface area (Å²) in [5.41, 5.74) is 6.43. The quantitative estimate of drug-likeness (QED) is 0.846. The molecule has 0 atom stereocenters. The van der Waals surface area contributed by atoms with Gasteiger partial charge < -0.3 is 19.7 Å². The van der Waals surface area contributed by atoms with Crippen molar-refractivity contribution in [1.29, 1.82) is 0 Å². The number of hydrogen-bond donors (Lipinski definition) is 1. The first kappa shape index (κ1) is 13.1. The molecule has 1 aliphatic rings. The predicted octanol–water partition coefficient (Wildman–Crippen LogP) is 1.54. The number of carbonyl (C=O) groups excluding carboxylic acids is 1. The number of fused-ring (bicyclic) bond motifs is 1. The monoisotopic (exact) mass is 339 g/mol. The Labute approximate surface area is 122 Å². The minimum Gasteiger partial charge on any atom is -0.485 e. The number of carbonyl (C=O) groups is 1. The molecule has 0 saturated heterocycles. The van der Waals surface area contributed by atoms with Crippen molar-refractivity contribution in [1.82, 2.24) is 10.1 Å². The number of aldehydes is 1. The molecule has 2 N–H and O–H groups in total. The largest absolute Gasteiger partial charge is 0.485 e. The molecular weight excluding hydrogens is 330 g/mol. The summed E-state index contributed by atoms with van der Waals surface area (Å²) < 4.78 is 16.7. The van der Waals surface area contributed by atoms with Gasteiger partial charge in [-0.25, -0.2) is 0 Å². The van der Waals surface area contributed by atoms with Crippen LogP contribution in [0.15, 0.2) is 15.1 Å². The summed E-state index contributed by atoms with van der Waals surface area (Å²) in [7, 11) is 0. The van der Waals surface area contributed by atoms with Crippen molar-refractivity contribution in [2.24, 2.45) is 5.73 Å². The predicted molar refractivity (Wildman–Crippen MR) is 71.7 cm³/mol. The summed E-state index contributed by atoms with van der Waals surface area (Å²) in [5, 5.41) is 3.85. The molecule has 0 spiro atoms. The van der Waals surface area contributed by atoms with Crippen LogP contribution in [0, 0.1) is 0 Å². The fourth-order valence-corrected chi connectivity index (χ4v) is 2.42. The van der Waals surface area contributed by atoms with Gasteiger partial charge in [0.25, 0.3) is 0 Å². The van der Waals surface area contributed by atoms with Crippen molar-refractivity contribution in [2.45, 2.75) is 6.54 Å². The van der Waals surface area contributed by atoms with Crippen LogP contribution in [-0.4, -0.2) is 29.6 Å². The molecule has 0 fully saturated rings. The lowest BCUT2D eigenvalue weighted by Crippen LogP contribution is -2.17. The SMILES string of the molecule is NCc1nc(-c2cc(Br)c(C=O)c3c2OCCO3)no1. The minimum atomic E-state index is 0.153. The fourth-order valence-electron chi connectivity index (χ4n) is 1.92. The molecule has 3 rings (SSSR count). The number of nitrogens with two attached hydrogens (primary N) is 1. The van der Waals surface area contributed by atoms with E-state index in [2.05, 4.69) is 26.1 Å². The Kier molecular flexibility index (Phi) is 3.41. The molecule has 0 amide bonds. The second-order valence-electron chi connectivity index (χ2n) is 4.01. The van der Waals surface area contributed by atoms with Gasteiger partial charge in [0.1, 0.15) is 13.2 Å². The van der Waals surface area contributed by atoms with Gasteiger partial charge in [0.05, 0.1) is 17.7 Å². The van der Waals surface area contributed by atoms with Crippen LogP contribution in [0.4, 0.5) is 0 Å². The molecule has 1 aromatic heterocycles. The lowest BCUT2D eigenvalue weighted by atomic mass is 10.1. The zero-order chi connectivity index (χ0) is 14.1. The second-order valence-corrected chi connectivity index (χ2v) is 4.86. The molecule has 104 valence electrons. The molecule has 0 saturated carbocycles. The van der Waals surface area contributed by atoms with E-state index in [9.17, 15) is 4.79 Å². The second kappa shape index (κ2) is 5.22. The van der Waals surface area contributed by atoms with Crippen LogP contribution in [-0.2, 0) is 6.54 Å². The third kappa shape index (κ3) is 2.06. The van der Waals surface area contributed by atoms with Gasteiger partial charge in [-0.05, 0) is 22.0 Å². The molecule has 20 heavy (non-hydrogen) atoms. The Morgan fingerprint density at radius 2 is 2.10 bits per heavy atom. The Morgan fingerprint density at radius 3 is 2.75 bits per heavy atom. The molecular formula is C12H10BrN3O4. The smallest absolute Gasteiger partial charge is 0.240 e. The summed E-state index contributed by atoms with van der Waals surface area (Å²) >= 11 is 3.33. The van der Waals surface area contributed by atoms with Crippen molar-refractivity contribution in [3.05, 3.63) is 22.0 Å². The molecule has 8 heteroatoms. The molecule has 0 unspecified atom stereocenters. The Balaban J connectivity index is 2.20. The van der Waals surface area contributed by atoms with Crippen LogP contribution in [0.2, 0.25) is 0 Å². The summed E-state index contributed by atoms with van der Waals surface area (Å²) in [6, 6.07) is 1.70. The van der Waals surface area contributed by atoms with E-state index in [-0.39, 0.29) is 6.54 Å². The highest BCUT2D eigenvalue weighted by Gasteiger charge is 2.25. The molecule has 1 aliphatic heterocycles. The normalized spacial score (nSPS) is 13.3. The third-order valence-corrected chi connectivity index (χ3v) is 3.46. The Morgan fingerprint density at radius 1 is 1.35 bits per heavy atom. The first-order valence-corrected chi connectivity index (χ1v) is 6.64. The Hall–Kier alpha value is -1.93.